The summed E-state index contributed by atoms with van der Waals surface area (Å²) in [6, 6.07) is 7.40. The van der Waals surface area contributed by atoms with Crippen LogP contribution in [0.5, 0.6) is 0 Å². The lowest BCUT2D eigenvalue weighted by atomic mass is 10.0. The molecule has 19 heavy (non-hydrogen) atoms. The highest BCUT2D eigenvalue weighted by molar-refractivity contribution is 6.31. The van der Waals surface area contributed by atoms with Gasteiger partial charge in [-0.3, -0.25) is 0 Å². The molecular weight excluding hydrogens is 256 g/mol. The van der Waals surface area contributed by atoms with Gasteiger partial charge in [0.1, 0.15) is 0 Å². The Balaban J connectivity index is 1.90. The summed E-state index contributed by atoms with van der Waals surface area (Å²) in [6.07, 6.45) is 3.68. The zero-order valence-corrected chi connectivity index (χ0v) is 13.0. The molecule has 1 aliphatic rings. The first kappa shape index (κ1) is 14.7. The molecule has 0 bridgehead atoms. The predicted molar refractivity (Wildman–Crippen MR) is 84.2 cm³/mol. The number of nitrogens with zero attached hydrogens (tertiary/aromatic N) is 1. The molecule has 0 spiro atoms. The minimum atomic E-state index is 0.581. The Kier molecular flexibility index (Phi) is 5.12. The van der Waals surface area contributed by atoms with Crippen LogP contribution in [0, 0.1) is 6.92 Å². The Morgan fingerprint density at radius 3 is 2.68 bits per heavy atom. The van der Waals surface area contributed by atoms with Crippen LogP contribution < -0.4 is 5.32 Å². The van der Waals surface area contributed by atoms with Gasteiger partial charge in [0.05, 0.1) is 0 Å². The van der Waals surface area contributed by atoms with Crippen molar-refractivity contribution in [2.75, 3.05) is 18.4 Å². The van der Waals surface area contributed by atoms with Gasteiger partial charge in [-0.05, 0) is 50.8 Å². The van der Waals surface area contributed by atoms with Crippen molar-refractivity contribution in [1.82, 2.24) is 4.90 Å². The smallest absolute Gasteiger partial charge is 0.0455 e. The predicted octanol–water partition coefficient (Wildman–Crippen LogP) is 4.32. The van der Waals surface area contributed by atoms with Gasteiger partial charge in [0.2, 0.25) is 0 Å². The average Bonchev–Trinajstić information content (AvgIpc) is 2.44. The van der Waals surface area contributed by atoms with E-state index in [0.717, 1.165) is 10.6 Å². The summed E-state index contributed by atoms with van der Waals surface area (Å²) in [5, 5.41) is 4.51. The lowest BCUT2D eigenvalue weighted by Gasteiger charge is -2.36. The molecular formula is C16H25ClN2. The van der Waals surface area contributed by atoms with Gasteiger partial charge in [-0.15, -0.1) is 0 Å². The van der Waals surface area contributed by atoms with Crippen LogP contribution in [0.3, 0.4) is 0 Å². The number of halogens is 1. The number of rotatable bonds is 4. The molecule has 1 N–H and O–H groups in total. The van der Waals surface area contributed by atoms with Crippen LogP contribution in [0.15, 0.2) is 18.2 Å². The first-order chi connectivity index (χ1) is 9.11. The number of hydrogen-bond donors (Lipinski definition) is 1. The van der Waals surface area contributed by atoms with E-state index >= 15 is 0 Å². The maximum Gasteiger partial charge on any atom is 0.0455 e. The first-order valence-electron chi connectivity index (χ1n) is 7.37. The molecule has 2 rings (SSSR count). The van der Waals surface area contributed by atoms with Gasteiger partial charge >= 0.3 is 0 Å². The highest BCUT2D eigenvalue weighted by atomic mass is 35.5. The first-order valence-corrected chi connectivity index (χ1v) is 7.75. The highest BCUT2D eigenvalue weighted by Crippen LogP contribution is 2.25. The van der Waals surface area contributed by atoms with Gasteiger partial charge in [-0.1, -0.05) is 24.6 Å². The number of hydrogen-bond acceptors (Lipinski definition) is 2. The summed E-state index contributed by atoms with van der Waals surface area (Å²) in [7, 11) is 0. The lowest BCUT2D eigenvalue weighted by molar-refractivity contribution is 0.163. The summed E-state index contributed by atoms with van der Waals surface area (Å²) < 4.78 is 0. The van der Waals surface area contributed by atoms with Crippen molar-refractivity contribution in [3.63, 3.8) is 0 Å². The fraction of sp³-hybridized carbons (Fsp3) is 0.625. The van der Waals surface area contributed by atoms with E-state index < -0.39 is 0 Å². The van der Waals surface area contributed by atoms with Gasteiger partial charge in [-0.2, -0.15) is 0 Å². The molecule has 0 saturated carbocycles. The van der Waals surface area contributed by atoms with E-state index in [0.29, 0.717) is 12.1 Å². The fourth-order valence-corrected chi connectivity index (χ4v) is 2.90. The maximum atomic E-state index is 6.17. The Labute approximate surface area is 122 Å². The summed E-state index contributed by atoms with van der Waals surface area (Å²) in [6.45, 7) is 9.08. The third-order valence-electron chi connectivity index (χ3n) is 4.37. The van der Waals surface area contributed by atoms with Gasteiger partial charge in [0.15, 0.2) is 0 Å². The van der Waals surface area contributed by atoms with Crippen LogP contribution in [0.1, 0.15) is 38.7 Å². The van der Waals surface area contributed by atoms with Gasteiger partial charge in [0.25, 0.3) is 0 Å². The Morgan fingerprint density at radius 1 is 1.37 bits per heavy atom. The molecule has 1 heterocycles. The Bertz CT molecular complexity index is 411. The molecule has 106 valence electrons. The van der Waals surface area contributed by atoms with Crippen molar-refractivity contribution in [2.24, 2.45) is 0 Å². The zero-order chi connectivity index (χ0) is 13.8. The van der Waals surface area contributed by atoms with E-state index in [1.807, 2.05) is 12.1 Å². The molecule has 0 aliphatic carbocycles. The summed E-state index contributed by atoms with van der Waals surface area (Å²) in [5.41, 5.74) is 2.35. The molecule has 1 aliphatic heterocycles. The SMILES string of the molecule is CCC(C)N1CCC(Nc2cccc(Cl)c2C)CC1. The van der Waals surface area contributed by atoms with E-state index in [4.69, 9.17) is 11.6 Å². The molecule has 0 aromatic heterocycles. The van der Waals surface area contributed by atoms with Crippen LogP contribution in [-0.4, -0.2) is 30.1 Å². The maximum absolute atomic E-state index is 6.17. The molecule has 1 saturated heterocycles. The number of benzene rings is 1. The van der Waals surface area contributed by atoms with Crippen LogP contribution in [0.2, 0.25) is 5.02 Å². The molecule has 0 amide bonds. The van der Waals surface area contributed by atoms with Crippen molar-refractivity contribution in [1.29, 1.82) is 0 Å². The van der Waals surface area contributed by atoms with Gasteiger partial charge in [0, 0.05) is 35.9 Å². The van der Waals surface area contributed by atoms with Crippen LogP contribution in [0.4, 0.5) is 5.69 Å². The lowest BCUT2D eigenvalue weighted by Crippen LogP contribution is -2.43. The van der Waals surface area contributed by atoms with Crippen LogP contribution >= 0.6 is 11.6 Å². The number of likely N-dealkylation sites (tertiary alicyclic amines) is 1. The quantitative estimate of drug-likeness (QED) is 0.883. The second-order valence-electron chi connectivity index (χ2n) is 5.62. The number of piperidine rings is 1. The van der Waals surface area contributed by atoms with E-state index in [2.05, 4.69) is 37.1 Å². The summed E-state index contributed by atoms with van der Waals surface area (Å²) in [5.74, 6) is 0. The van der Waals surface area contributed by atoms with Crippen molar-refractivity contribution < 1.29 is 0 Å². The van der Waals surface area contributed by atoms with Crippen molar-refractivity contribution in [2.45, 2.75) is 52.1 Å². The Hall–Kier alpha value is -0.730. The largest absolute Gasteiger partial charge is 0.382 e. The minimum absolute atomic E-state index is 0.581. The molecule has 1 fully saturated rings. The van der Waals surface area contributed by atoms with Crippen LogP contribution in [0.25, 0.3) is 0 Å². The van der Waals surface area contributed by atoms with Crippen LogP contribution in [-0.2, 0) is 0 Å². The van der Waals surface area contributed by atoms with E-state index in [1.54, 1.807) is 0 Å². The van der Waals surface area contributed by atoms with E-state index in [1.165, 1.54) is 38.0 Å². The molecule has 1 unspecified atom stereocenters. The molecule has 2 nitrogen and oxygen atoms in total. The van der Waals surface area contributed by atoms with E-state index in [-0.39, 0.29) is 0 Å². The molecule has 3 heteroatoms. The summed E-state index contributed by atoms with van der Waals surface area (Å²) >= 11 is 6.17. The zero-order valence-electron chi connectivity index (χ0n) is 12.2. The molecule has 1 atom stereocenters. The molecule has 0 radical (unpaired) electrons. The molecule has 1 aromatic carbocycles. The third kappa shape index (κ3) is 3.64. The van der Waals surface area contributed by atoms with Crippen molar-refractivity contribution >= 4 is 17.3 Å². The number of anilines is 1. The molecule has 1 aromatic rings. The monoisotopic (exact) mass is 280 g/mol. The second-order valence-corrected chi connectivity index (χ2v) is 6.03. The standard InChI is InChI=1S/C16H25ClN2/c1-4-12(2)19-10-8-14(9-11-19)18-16-7-5-6-15(17)13(16)3/h5-7,12,14,18H,4,8-11H2,1-3H3. The van der Waals surface area contributed by atoms with E-state index in [9.17, 15) is 0 Å². The second kappa shape index (κ2) is 6.62. The van der Waals surface area contributed by atoms with Gasteiger partial charge in [-0.25, -0.2) is 0 Å². The Morgan fingerprint density at radius 2 is 2.05 bits per heavy atom. The third-order valence-corrected chi connectivity index (χ3v) is 4.78. The minimum Gasteiger partial charge on any atom is -0.382 e. The van der Waals surface area contributed by atoms with Gasteiger partial charge < -0.3 is 10.2 Å². The normalized spacial score (nSPS) is 19.4. The fourth-order valence-electron chi connectivity index (χ4n) is 2.73. The van der Waals surface area contributed by atoms with Crippen molar-refractivity contribution in [3.8, 4) is 0 Å². The average molecular weight is 281 g/mol. The summed E-state index contributed by atoms with van der Waals surface area (Å²) in [4.78, 5) is 2.60. The highest BCUT2D eigenvalue weighted by Gasteiger charge is 2.22. The number of nitrogens with one attached hydrogen (secondary N) is 1. The van der Waals surface area contributed by atoms with Crippen molar-refractivity contribution in [3.05, 3.63) is 28.8 Å². The topological polar surface area (TPSA) is 15.3 Å².